The second-order valence-corrected chi connectivity index (χ2v) is 4.57. The van der Waals surface area contributed by atoms with Gasteiger partial charge in [-0.3, -0.25) is 4.90 Å². The van der Waals surface area contributed by atoms with Gasteiger partial charge in [0.15, 0.2) is 0 Å². The SMILES string of the molecule is CCC(CC)N(CCOC)C(CO)C(N)COC. The molecule has 2 unspecified atom stereocenters. The summed E-state index contributed by atoms with van der Waals surface area (Å²) in [4.78, 5) is 2.26. The Labute approximate surface area is 111 Å². The minimum absolute atomic E-state index is 0.0464. The van der Waals surface area contributed by atoms with Gasteiger partial charge >= 0.3 is 0 Å². The minimum Gasteiger partial charge on any atom is -0.395 e. The Kier molecular flexibility index (Phi) is 10.6. The van der Waals surface area contributed by atoms with Crippen LogP contribution >= 0.6 is 0 Å². The molecule has 0 saturated heterocycles. The molecule has 5 heteroatoms. The summed E-state index contributed by atoms with van der Waals surface area (Å²) < 4.78 is 10.2. The summed E-state index contributed by atoms with van der Waals surface area (Å²) in [5.74, 6) is 0. The maximum absolute atomic E-state index is 9.61. The number of aliphatic hydroxyl groups is 1. The first-order valence-electron chi connectivity index (χ1n) is 6.76. The summed E-state index contributed by atoms with van der Waals surface area (Å²) in [5, 5.41) is 9.61. The van der Waals surface area contributed by atoms with Gasteiger partial charge in [0, 0.05) is 32.8 Å². The molecule has 0 aliphatic rings. The standard InChI is InChI=1S/C13H30N2O3/c1-5-11(6-2)15(7-8-17-3)13(9-16)12(14)10-18-4/h11-13,16H,5-10,14H2,1-4H3. The lowest BCUT2D eigenvalue weighted by Gasteiger charge is -2.39. The molecule has 110 valence electrons. The maximum atomic E-state index is 9.61. The fourth-order valence-electron chi connectivity index (χ4n) is 2.36. The summed E-state index contributed by atoms with van der Waals surface area (Å²) in [5.41, 5.74) is 6.09. The van der Waals surface area contributed by atoms with Crippen molar-refractivity contribution >= 4 is 0 Å². The normalized spacial score (nSPS) is 15.3. The molecule has 0 spiro atoms. The topological polar surface area (TPSA) is 68.0 Å². The molecule has 0 radical (unpaired) electrons. The first-order chi connectivity index (χ1) is 8.65. The quantitative estimate of drug-likeness (QED) is 0.566. The number of nitrogens with zero attached hydrogens (tertiary/aromatic N) is 1. The van der Waals surface area contributed by atoms with Crippen LogP contribution in [0.3, 0.4) is 0 Å². The third-order valence-corrected chi connectivity index (χ3v) is 3.43. The molecule has 0 aliphatic carbocycles. The molecule has 18 heavy (non-hydrogen) atoms. The van der Waals surface area contributed by atoms with Crippen molar-refractivity contribution in [3.05, 3.63) is 0 Å². The highest BCUT2D eigenvalue weighted by molar-refractivity contribution is 4.85. The number of hydrogen-bond acceptors (Lipinski definition) is 5. The van der Waals surface area contributed by atoms with Crippen molar-refractivity contribution < 1.29 is 14.6 Å². The summed E-state index contributed by atoms with van der Waals surface area (Å²) in [6.07, 6.45) is 2.08. The van der Waals surface area contributed by atoms with E-state index in [0.717, 1.165) is 19.4 Å². The second kappa shape index (κ2) is 10.7. The van der Waals surface area contributed by atoms with E-state index in [1.807, 2.05) is 0 Å². The number of hydrogen-bond donors (Lipinski definition) is 2. The Hall–Kier alpha value is -0.200. The van der Waals surface area contributed by atoms with Gasteiger partial charge in [0.25, 0.3) is 0 Å². The van der Waals surface area contributed by atoms with Gasteiger partial charge in [0.2, 0.25) is 0 Å². The zero-order valence-corrected chi connectivity index (χ0v) is 12.3. The zero-order valence-electron chi connectivity index (χ0n) is 12.3. The first-order valence-corrected chi connectivity index (χ1v) is 6.76. The van der Waals surface area contributed by atoms with E-state index in [1.165, 1.54) is 0 Å². The average molecular weight is 262 g/mol. The summed E-state index contributed by atoms with van der Waals surface area (Å²) in [7, 11) is 3.32. The number of ether oxygens (including phenoxy) is 2. The molecule has 0 saturated carbocycles. The van der Waals surface area contributed by atoms with E-state index in [2.05, 4.69) is 18.7 Å². The van der Waals surface area contributed by atoms with Crippen molar-refractivity contribution in [2.24, 2.45) is 5.73 Å². The van der Waals surface area contributed by atoms with Crippen LogP contribution in [0.2, 0.25) is 0 Å². The highest BCUT2D eigenvalue weighted by Crippen LogP contribution is 2.14. The van der Waals surface area contributed by atoms with Crippen molar-refractivity contribution in [2.75, 3.05) is 40.6 Å². The molecule has 0 aliphatic heterocycles. The summed E-state index contributed by atoms with van der Waals surface area (Å²) in [6.45, 7) is 6.24. The van der Waals surface area contributed by atoms with Crippen molar-refractivity contribution in [1.29, 1.82) is 0 Å². The van der Waals surface area contributed by atoms with Gasteiger partial charge in [-0.1, -0.05) is 13.8 Å². The van der Waals surface area contributed by atoms with Crippen molar-refractivity contribution in [3.8, 4) is 0 Å². The third kappa shape index (κ3) is 5.63. The Morgan fingerprint density at radius 1 is 1.17 bits per heavy atom. The summed E-state index contributed by atoms with van der Waals surface area (Å²) in [6, 6.07) is 0.155. The van der Waals surface area contributed by atoms with Crippen molar-refractivity contribution in [2.45, 2.75) is 44.8 Å². The van der Waals surface area contributed by atoms with Gasteiger partial charge in [-0.15, -0.1) is 0 Å². The van der Waals surface area contributed by atoms with Gasteiger partial charge in [0.05, 0.1) is 25.9 Å². The van der Waals surface area contributed by atoms with Gasteiger partial charge in [-0.05, 0) is 12.8 Å². The minimum atomic E-state index is -0.183. The molecule has 2 atom stereocenters. The van der Waals surface area contributed by atoms with E-state index in [0.29, 0.717) is 19.3 Å². The predicted molar refractivity (Wildman–Crippen MR) is 73.7 cm³/mol. The van der Waals surface area contributed by atoms with Crippen LogP contribution in [0, 0.1) is 0 Å². The molecule has 0 aromatic carbocycles. The first kappa shape index (κ1) is 17.8. The van der Waals surface area contributed by atoms with E-state index in [-0.39, 0.29) is 18.7 Å². The number of nitrogens with two attached hydrogens (primary N) is 1. The van der Waals surface area contributed by atoms with E-state index in [1.54, 1.807) is 14.2 Å². The van der Waals surface area contributed by atoms with Crippen LogP contribution in [-0.2, 0) is 9.47 Å². The van der Waals surface area contributed by atoms with Crippen LogP contribution in [0.15, 0.2) is 0 Å². The van der Waals surface area contributed by atoms with E-state index in [4.69, 9.17) is 15.2 Å². The largest absolute Gasteiger partial charge is 0.395 e. The van der Waals surface area contributed by atoms with Crippen molar-refractivity contribution in [3.63, 3.8) is 0 Å². The Morgan fingerprint density at radius 3 is 2.17 bits per heavy atom. The second-order valence-electron chi connectivity index (χ2n) is 4.57. The van der Waals surface area contributed by atoms with Crippen LogP contribution in [0.5, 0.6) is 0 Å². The molecule has 0 heterocycles. The van der Waals surface area contributed by atoms with Gasteiger partial charge < -0.3 is 20.3 Å². The number of methoxy groups -OCH3 is 2. The molecule has 0 aromatic rings. The van der Waals surface area contributed by atoms with E-state index < -0.39 is 0 Å². The van der Waals surface area contributed by atoms with Crippen LogP contribution < -0.4 is 5.73 Å². The fraction of sp³-hybridized carbons (Fsp3) is 1.00. The van der Waals surface area contributed by atoms with E-state index in [9.17, 15) is 5.11 Å². The predicted octanol–water partition coefficient (Wildman–Crippen LogP) is 0.458. The molecule has 0 aromatic heterocycles. The van der Waals surface area contributed by atoms with E-state index >= 15 is 0 Å². The molecular formula is C13H30N2O3. The van der Waals surface area contributed by atoms with Gasteiger partial charge in [0.1, 0.15) is 0 Å². The highest BCUT2D eigenvalue weighted by Gasteiger charge is 2.28. The average Bonchev–Trinajstić information content (AvgIpc) is 2.37. The lowest BCUT2D eigenvalue weighted by Crippen LogP contribution is -2.56. The van der Waals surface area contributed by atoms with Gasteiger partial charge in [-0.2, -0.15) is 0 Å². The molecule has 5 nitrogen and oxygen atoms in total. The van der Waals surface area contributed by atoms with Crippen LogP contribution in [0.1, 0.15) is 26.7 Å². The number of aliphatic hydroxyl groups excluding tert-OH is 1. The van der Waals surface area contributed by atoms with Gasteiger partial charge in [-0.25, -0.2) is 0 Å². The monoisotopic (exact) mass is 262 g/mol. The molecule has 3 N–H and O–H groups in total. The Balaban J connectivity index is 4.74. The number of rotatable bonds is 11. The zero-order chi connectivity index (χ0) is 14.0. The fourth-order valence-corrected chi connectivity index (χ4v) is 2.36. The third-order valence-electron chi connectivity index (χ3n) is 3.43. The Bertz CT molecular complexity index is 189. The molecular weight excluding hydrogens is 232 g/mol. The van der Waals surface area contributed by atoms with Crippen LogP contribution in [0.25, 0.3) is 0 Å². The lowest BCUT2D eigenvalue weighted by molar-refractivity contribution is 0.0234. The highest BCUT2D eigenvalue weighted by atomic mass is 16.5. The molecule has 0 fully saturated rings. The van der Waals surface area contributed by atoms with Crippen LogP contribution in [-0.4, -0.2) is 68.7 Å². The lowest BCUT2D eigenvalue weighted by atomic mass is 10.0. The molecule has 0 bridgehead atoms. The maximum Gasteiger partial charge on any atom is 0.0629 e. The molecule has 0 amide bonds. The van der Waals surface area contributed by atoms with Crippen molar-refractivity contribution in [1.82, 2.24) is 4.90 Å². The smallest absolute Gasteiger partial charge is 0.0629 e. The Morgan fingerprint density at radius 2 is 1.78 bits per heavy atom. The molecule has 0 rings (SSSR count). The van der Waals surface area contributed by atoms with Crippen LogP contribution in [0.4, 0.5) is 0 Å². The summed E-state index contributed by atoms with van der Waals surface area (Å²) >= 11 is 0.